The quantitative estimate of drug-likeness (QED) is 0.498. The number of carbonyl (C=O) groups excluding carboxylic acids is 1. The largest absolute Gasteiger partial charge is 0.316 e. The average Bonchev–Trinajstić information content (AvgIpc) is 3.27. The van der Waals surface area contributed by atoms with Crippen LogP contribution in [0.25, 0.3) is 11.5 Å². The number of carbonyl (C=O) groups is 1. The van der Waals surface area contributed by atoms with Crippen LogP contribution in [-0.2, 0) is 11.3 Å². The van der Waals surface area contributed by atoms with Crippen LogP contribution in [-0.4, -0.2) is 31.4 Å². The van der Waals surface area contributed by atoms with Crippen molar-refractivity contribution in [3.63, 3.8) is 0 Å². The third-order valence-electron chi connectivity index (χ3n) is 3.29. The Morgan fingerprint density at radius 3 is 3.04 bits per heavy atom. The molecule has 0 radical (unpaired) electrons. The van der Waals surface area contributed by atoms with E-state index in [4.69, 9.17) is 5.26 Å². The van der Waals surface area contributed by atoms with Gasteiger partial charge in [0.2, 0.25) is 5.91 Å². The van der Waals surface area contributed by atoms with Crippen molar-refractivity contribution in [2.45, 2.75) is 11.7 Å². The van der Waals surface area contributed by atoms with Gasteiger partial charge in [0.25, 0.3) is 0 Å². The first-order chi connectivity index (χ1) is 12.7. The van der Waals surface area contributed by atoms with E-state index in [1.165, 1.54) is 23.1 Å². The first-order valence-corrected chi connectivity index (χ1v) is 9.45. The smallest absolute Gasteiger partial charge is 0.235 e. The number of rotatable bonds is 7. The van der Waals surface area contributed by atoms with Crippen LogP contribution in [0.2, 0.25) is 0 Å². The number of amides is 1. The number of allylic oxidation sites excluding steroid dienone is 1. The average molecular weight is 382 g/mol. The first-order valence-electron chi connectivity index (χ1n) is 7.58. The standard InChI is InChI=1S/C17H14N6OS2/c1-2-8-23-15(13-5-3-4-7-19-13)21-22-17(23)26-11-14(24)20-16-12(10-18)6-9-25-16/h2-7,9H,1,8,11H2,(H,20,24). The highest BCUT2D eigenvalue weighted by molar-refractivity contribution is 7.99. The molecule has 3 aromatic rings. The molecule has 0 fully saturated rings. The highest BCUT2D eigenvalue weighted by Crippen LogP contribution is 2.25. The van der Waals surface area contributed by atoms with E-state index in [1.54, 1.807) is 23.7 Å². The van der Waals surface area contributed by atoms with Crippen LogP contribution < -0.4 is 5.32 Å². The predicted molar refractivity (Wildman–Crippen MR) is 102 cm³/mol. The van der Waals surface area contributed by atoms with Crippen molar-refractivity contribution in [3.05, 3.63) is 54.1 Å². The minimum atomic E-state index is -0.207. The van der Waals surface area contributed by atoms with Gasteiger partial charge in [-0.1, -0.05) is 23.9 Å². The van der Waals surface area contributed by atoms with Crippen molar-refractivity contribution in [1.29, 1.82) is 5.26 Å². The van der Waals surface area contributed by atoms with Crippen molar-refractivity contribution >= 4 is 34.0 Å². The van der Waals surface area contributed by atoms with E-state index in [-0.39, 0.29) is 11.7 Å². The van der Waals surface area contributed by atoms with Gasteiger partial charge < -0.3 is 5.32 Å². The number of aromatic nitrogens is 4. The Hall–Kier alpha value is -2.96. The summed E-state index contributed by atoms with van der Waals surface area (Å²) in [5.74, 6) is 0.570. The molecule has 0 aliphatic heterocycles. The SMILES string of the molecule is C=CCn1c(SCC(=O)Nc2sccc2C#N)nnc1-c1ccccn1. The monoisotopic (exact) mass is 382 g/mol. The van der Waals surface area contributed by atoms with Gasteiger partial charge in [0.15, 0.2) is 11.0 Å². The lowest BCUT2D eigenvalue weighted by Gasteiger charge is -2.07. The van der Waals surface area contributed by atoms with E-state index in [0.717, 1.165) is 0 Å². The molecule has 3 rings (SSSR count). The topological polar surface area (TPSA) is 96.5 Å². The Morgan fingerprint density at radius 2 is 2.31 bits per heavy atom. The number of hydrogen-bond acceptors (Lipinski definition) is 7. The van der Waals surface area contributed by atoms with Crippen molar-refractivity contribution in [1.82, 2.24) is 19.7 Å². The number of nitrogens with one attached hydrogen (secondary N) is 1. The van der Waals surface area contributed by atoms with E-state index in [2.05, 4.69) is 27.1 Å². The normalized spacial score (nSPS) is 10.3. The molecular weight excluding hydrogens is 368 g/mol. The summed E-state index contributed by atoms with van der Waals surface area (Å²) in [7, 11) is 0. The lowest BCUT2D eigenvalue weighted by Crippen LogP contribution is -2.14. The summed E-state index contributed by atoms with van der Waals surface area (Å²) < 4.78 is 1.86. The second-order valence-electron chi connectivity index (χ2n) is 5.03. The van der Waals surface area contributed by atoms with Gasteiger partial charge in [0.1, 0.15) is 16.8 Å². The number of anilines is 1. The van der Waals surface area contributed by atoms with Gasteiger partial charge in [-0.25, -0.2) is 0 Å². The number of nitrogens with zero attached hydrogens (tertiary/aromatic N) is 5. The summed E-state index contributed by atoms with van der Waals surface area (Å²) in [6, 6.07) is 9.28. The first kappa shape index (κ1) is 17.8. The molecule has 0 saturated heterocycles. The van der Waals surface area contributed by atoms with Crippen molar-refractivity contribution in [2.75, 3.05) is 11.1 Å². The second-order valence-corrected chi connectivity index (χ2v) is 6.89. The lowest BCUT2D eigenvalue weighted by molar-refractivity contribution is -0.113. The lowest BCUT2D eigenvalue weighted by atomic mass is 10.3. The van der Waals surface area contributed by atoms with Gasteiger partial charge in [-0.2, -0.15) is 5.26 Å². The van der Waals surface area contributed by atoms with Gasteiger partial charge in [0, 0.05) is 12.7 Å². The fraction of sp³-hybridized carbons (Fsp3) is 0.118. The molecule has 3 aromatic heterocycles. The zero-order valence-corrected chi connectivity index (χ0v) is 15.3. The van der Waals surface area contributed by atoms with Crippen molar-refractivity contribution < 1.29 is 4.79 Å². The molecule has 1 N–H and O–H groups in total. The number of hydrogen-bond donors (Lipinski definition) is 1. The second kappa shape index (κ2) is 8.42. The number of thioether (sulfide) groups is 1. The maximum Gasteiger partial charge on any atom is 0.235 e. The van der Waals surface area contributed by atoms with Crippen LogP contribution in [0.15, 0.2) is 53.7 Å². The summed E-state index contributed by atoms with van der Waals surface area (Å²) in [6.07, 6.45) is 3.43. The van der Waals surface area contributed by atoms with E-state index >= 15 is 0 Å². The summed E-state index contributed by atoms with van der Waals surface area (Å²) >= 11 is 2.59. The van der Waals surface area contributed by atoms with E-state index < -0.39 is 0 Å². The molecule has 0 aliphatic carbocycles. The summed E-state index contributed by atoms with van der Waals surface area (Å²) in [4.78, 5) is 16.5. The molecule has 0 spiro atoms. The van der Waals surface area contributed by atoms with Gasteiger partial charge in [-0.15, -0.1) is 28.1 Å². The molecule has 1 amide bonds. The Bertz CT molecular complexity index is 957. The third kappa shape index (κ3) is 3.99. The molecular formula is C17H14N6OS2. The van der Waals surface area contributed by atoms with Gasteiger partial charge in [-0.3, -0.25) is 14.3 Å². The molecule has 3 heterocycles. The maximum absolute atomic E-state index is 12.2. The maximum atomic E-state index is 12.2. The minimum Gasteiger partial charge on any atom is -0.316 e. The van der Waals surface area contributed by atoms with Crippen LogP contribution in [0.1, 0.15) is 5.56 Å². The highest BCUT2D eigenvalue weighted by atomic mass is 32.2. The van der Waals surface area contributed by atoms with Gasteiger partial charge in [-0.05, 0) is 23.6 Å². The Labute approximate surface area is 158 Å². The zero-order valence-electron chi connectivity index (χ0n) is 13.6. The molecule has 7 nitrogen and oxygen atoms in total. The molecule has 0 aliphatic rings. The predicted octanol–water partition coefficient (Wildman–Crippen LogP) is 3.19. The summed E-state index contributed by atoms with van der Waals surface area (Å²) in [6.45, 7) is 4.27. The number of thiophene rings is 1. The van der Waals surface area contributed by atoms with Crippen LogP contribution in [0, 0.1) is 11.3 Å². The van der Waals surface area contributed by atoms with E-state index in [1.807, 2.05) is 28.8 Å². The molecule has 0 bridgehead atoms. The van der Waals surface area contributed by atoms with Crippen molar-refractivity contribution in [3.8, 4) is 17.6 Å². The molecule has 26 heavy (non-hydrogen) atoms. The Kier molecular flexibility index (Phi) is 5.78. The molecule has 130 valence electrons. The molecule has 0 unspecified atom stereocenters. The fourth-order valence-corrected chi connectivity index (χ4v) is 3.66. The van der Waals surface area contributed by atoms with Gasteiger partial charge in [0.05, 0.1) is 11.3 Å². The Morgan fingerprint density at radius 1 is 1.42 bits per heavy atom. The molecule has 0 saturated carbocycles. The molecule has 9 heteroatoms. The van der Waals surface area contributed by atoms with Crippen LogP contribution in [0.3, 0.4) is 0 Å². The van der Waals surface area contributed by atoms with Crippen LogP contribution >= 0.6 is 23.1 Å². The summed E-state index contributed by atoms with van der Waals surface area (Å²) in [5, 5.41) is 23.0. The molecule has 0 atom stereocenters. The van der Waals surface area contributed by atoms with E-state index in [0.29, 0.717) is 33.8 Å². The minimum absolute atomic E-state index is 0.153. The molecule has 0 aromatic carbocycles. The Balaban J connectivity index is 1.72. The van der Waals surface area contributed by atoms with Crippen LogP contribution in [0.4, 0.5) is 5.00 Å². The van der Waals surface area contributed by atoms with E-state index in [9.17, 15) is 4.79 Å². The van der Waals surface area contributed by atoms with Crippen molar-refractivity contribution in [2.24, 2.45) is 0 Å². The highest BCUT2D eigenvalue weighted by Gasteiger charge is 2.16. The summed E-state index contributed by atoms with van der Waals surface area (Å²) in [5.41, 5.74) is 1.16. The fourth-order valence-electron chi connectivity index (χ4n) is 2.16. The third-order valence-corrected chi connectivity index (χ3v) is 5.09. The van der Waals surface area contributed by atoms with Crippen LogP contribution in [0.5, 0.6) is 0 Å². The van der Waals surface area contributed by atoms with Gasteiger partial charge >= 0.3 is 0 Å². The number of pyridine rings is 1. The number of nitriles is 1. The zero-order chi connectivity index (χ0) is 18.4.